The monoisotopic (exact) mass is 438 g/mol. The summed E-state index contributed by atoms with van der Waals surface area (Å²) in [5.41, 5.74) is 1.70. The van der Waals surface area contributed by atoms with Gasteiger partial charge in [-0.15, -0.1) is 11.8 Å². The lowest BCUT2D eigenvalue weighted by atomic mass is 10.1. The Balaban J connectivity index is 1.85. The summed E-state index contributed by atoms with van der Waals surface area (Å²) in [6.07, 6.45) is 6.34. The molecule has 0 saturated heterocycles. The van der Waals surface area contributed by atoms with E-state index in [-0.39, 0.29) is 5.82 Å². The molecule has 0 saturated carbocycles. The fourth-order valence-electron chi connectivity index (χ4n) is 2.74. The van der Waals surface area contributed by atoms with Crippen LogP contribution in [0.25, 0.3) is 0 Å². The minimum absolute atomic E-state index is 0.283. The molecule has 3 rings (SSSR count). The number of nitrogens with one attached hydrogen (secondary N) is 1. The van der Waals surface area contributed by atoms with Gasteiger partial charge < -0.3 is 15.2 Å². The zero-order valence-corrected chi connectivity index (χ0v) is 16.7. The third-order valence-corrected chi connectivity index (χ3v) is 5.74. The maximum absolute atomic E-state index is 14.5. The normalized spacial score (nSPS) is 20.2. The fraction of sp³-hybridized carbons (Fsp3) is 0.316. The summed E-state index contributed by atoms with van der Waals surface area (Å²) in [4.78, 5) is 4.88. The molecule has 4 nitrogen and oxygen atoms in total. The van der Waals surface area contributed by atoms with Gasteiger partial charge in [-0.1, -0.05) is 28.1 Å². The van der Waals surface area contributed by atoms with E-state index < -0.39 is 6.10 Å². The second-order valence-corrected chi connectivity index (χ2v) is 7.80. The third kappa shape index (κ3) is 4.58. The first-order valence-corrected chi connectivity index (χ1v) is 10.0. The molecule has 1 aliphatic carbocycles. The smallest absolute Gasteiger partial charge is 0.137 e. The van der Waals surface area contributed by atoms with E-state index in [1.165, 1.54) is 17.8 Å². The molecule has 138 valence electrons. The Kier molecular flexibility index (Phi) is 6.56. The first-order valence-electron chi connectivity index (χ1n) is 8.27. The number of ether oxygens (including phenoxy) is 1. The lowest BCUT2D eigenvalue weighted by Crippen LogP contribution is -2.39. The molecule has 1 unspecified atom stereocenters. The number of benzene rings is 1. The van der Waals surface area contributed by atoms with Crippen LogP contribution in [0, 0.1) is 5.82 Å². The third-order valence-electron chi connectivity index (χ3n) is 4.02. The second kappa shape index (κ2) is 8.88. The number of nitrogens with zero attached hydrogens (tertiary/aromatic N) is 1. The summed E-state index contributed by atoms with van der Waals surface area (Å²) in [6.45, 7) is 0.737. The summed E-state index contributed by atoms with van der Waals surface area (Å²) in [5.74, 6) is 1.70. The number of hydrogen-bond donors (Lipinski definition) is 2. The van der Waals surface area contributed by atoms with E-state index in [0.29, 0.717) is 35.1 Å². The number of methoxy groups -OCH3 is 1. The highest BCUT2D eigenvalue weighted by Gasteiger charge is 2.19. The van der Waals surface area contributed by atoms with E-state index in [9.17, 15) is 9.50 Å². The highest BCUT2D eigenvalue weighted by atomic mass is 79.9. The zero-order valence-electron chi connectivity index (χ0n) is 14.3. The maximum atomic E-state index is 14.5. The molecule has 0 spiro atoms. The molecular weight excluding hydrogens is 419 g/mol. The first-order chi connectivity index (χ1) is 12.6. The molecule has 0 aromatic heterocycles. The lowest BCUT2D eigenvalue weighted by Gasteiger charge is -2.21. The van der Waals surface area contributed by atoms with Gasteiger partial charge in [-0.05, 0) is 30.7 Å². The van der Waals surface area contributed by atoms with Crippen molar-refractivity contribution in [1.82, 2.24) is 5.32 Å². The number of hydrogen-bond acceptors (Lipinski definition) is 5. The van der Waals surface area contributed by atoms with Gasteiger partial charge in [0.1, 0.15) is 17.4 Å². The molecule has 1 heterocycles. The quantitative estimate of drug-likeness (QED) is 0.686. The van der Waals surface area contributed by atoms with Gasteiger partial charge in [0, 0.05) is 27.9 Å². The molecule has 2 aliphatic rings. The van der Waals surface area contributed by atoms with E-state index in [1.807, 2.05) is 18.2 Å². The van der Waals surface area contributed by atoms with Crippen LogP contribution in [-0.2, 0) is 4.74 Å². The van der Waals surface area contributed by atoms with Crippen molar-refractivity contribution in [3.63, 3.8) is 0 Å². The van der Waals surface area contributed by atoms with Gasteiger partial charge in [0.05, 0.1) is 24.7 Å². The first kappa shape index (κ1) is 19.2. The van der Waals surface area contributed by atoms with Crippen LogP contribution in [0.5, 0.6) is 0 Å². The molecular formula is C19H20BrFN2O2S. The summed E-state index contributed by atoms with van der Waals surface area (Å²) < 4.78 is 21.0. The summed E-state index contributed by atoms with van der Waals surface area (Å²) in [6, 6.07) is 4.97. The minimum Gasteiger partial charge on any atom is -0.497 e. The van der Waals surface area contributed by atoms with Gasteiger partial charge in [0.2, 0.25) is 0 Å². The van der Waals surface area contributed by atoms with E-state index in [4.69, 9.17) is 4.74 Å². The minimum atomic E-state index is -0.502. The average molecular weight is 439 g/mol. The Labute approximate surface area is 165 Å². The van der Waals surface area contributed by atoms with E-state index in [2.05, 4.69) is 32.3 Å². The molecule has 0 radical (unpaired) electrons. The molecule has 2 N–H and O–H groups in total. The van der Waals surface area contributed by atoms with Crippen molar-refractivity contribution in [2.45, 2.75) is 17.4 Å². The number of allylic oxidation sites excluding steroid dienone is 5. The molecule has 26 heavy (non-hydrogen) atoms. The molecule has 1 atom stereocenters. The van der Waals surface area contributed by atoms with Crippen molar-refractivity contribution in [3.05, 3.63) is 63.6 Å². The molecule has 1 aromatic carbocycles. The predicted molar refractivity (Wildman–Crippen MR) is 107 cm³/mol. The van der Waals surface area contributed by atoms with Crippen molar-refractivity contribution in [2.24, 2.45) is 4.99 Å². The van der Waals surface area contributed by atoms with Crippen LogP contribution in [0.1, 0.15) is 12.0 Å². The zero-order chi connectivity index (χ0) is 18.5. The van der Waals surface area contributed by atoms with E-state index >= 15 is 0 Å². The SMILES string of the molecule is COC1=CCC=C(Br)C=C1CSc1c(F)cccc1C1=NCC(O)CN1. The van der Waals surface area contributed by atoms with Crippen LogP contribution in [0.3, 0.4) is 0 Å². The summed E-state index contributed by atoms with van der Waals surface area (Å²) in [7, 11) is 1.64. The molecule has 0 amide bonds. The van der Waals surface area contributed by atoms with Crippen molar-refractivity contribution in [1.29, 1.82) is 0 Å². The predicted octanol–water partition coefficient (Wildman–Crippen LogP) is 3.77. The van der Waals surface area contributed by atoms with Crippen LogP contribution < -0.4 is 5.32 Å². The Morgan fingerprint density at radius 3 is 3.00 bits per heavy atom. The number of amidine groups is 1. The average Bonchev–Trinajstić information content (AvgIpc) is 2.82. The topological polar surface area (TPSA) is 53.9 Å². The summed E-state index contributed by atoms with van der Waals surface area (Å²) >= 11 is 4.93. The lowest BCUT2D eigenvalue weighted by molar-refractivity contribution is 0.181. The van der Waals surface area contributed by atoms with Crippen molar-refractivity contribution in [3.8, 4) is 0 Å². The number of aliphatic hydroxyl groups is 1. The Morgan fingerprint density at radius 2 is 2.27 bits per heavy atom. The fourth-order valence-corrected chi connectivity index (χ4v) is 4.25. The number of β-amino-alcohol motifs (C(OH)–C–C–N with tert-alkyl or cyclic N) is 1. The van der Waals surface area contributed by atoms with Crippen LogP contribution in [0.2, 0.25) is 0 Å². The van der Waals surface area contributed by atoms with Crippen LogP contribution >= 0.6 is 27.7 Å². The van der Waals surface area contributed by atoms with Gasteiger partial charge in [-0.3, -0.25) is 4.99 Å². The highest BCUT2D eigenvalue weighted by Crippen LogP contribution is 2.32. The standard InChI is InChI=1S/C19H20BrFN2O2S/c1-25-17-7-2-4-13(20)8-12(17)11-26-18-15(5-3-6-16(18)21)19-22-9-14(24)10-23-19/h3-8,14,24H,2,9-11H2,1H3,(H,22,23). The van der Waals surface area contributed by atoms with Crippen LogP contribution in [-0.4, -0.2) is 43.0 Å². The van der Waals surface area contributed by atoms with Crippen LogP contribution in [0.15, 0.2) is 62.1 Å². The molecule has 1 aromatic rings. The Hall–Kier alpha value is -1.57. The molecule has 0 fully saturated rings. The molecule has 0 bridgehead atoms. The Bertz CT molecular complexity index is 805. The van der Waals surface area contributed by atoms with Gasteiger partial charge in [-0.2, -0.15) is 0 Å². The number of rotatable bonds is 5. The van der Waals surface area contributed by atoms with Gasteiger partial charge in [0.25, 0.3) is 0 Å². The van der Waals surface area contributed by atoms with Gasteiger partial charge in [-0.25, -0.2) is 4.39 Å². The molecule has 1 aliphatic heterocycles. The number of aliphatic hydroxyl groups excluding tert-OH is 1. The van der Waals surface area contributed by atoms with Crippen molar-refractivity contribution >= 4 is 33.5 Å². The van der Waals surface area contributed by atoms with Gasteiger partial charge in [0.15, 0.2) is 0 Å². The summed E-state index contributed by atoms with van der Waals surface area (Å²) in [5, 5.41) is 12.7. The number of halogens is 2. The van der Waals surface area contributed by atoms with Crippen LogP contribution in [0.4, 0.5) is 4.39 Å². The number of thioether (sulfide) groups is 1. The molecule has 7 heteroatoms. The maximum Gasteiger partial charge on any atom is 0.137 e. The second-order valence-electron chi connectivity index (χ2n) is 5.90. The largest absolute Gasteiger partial charge is 0.497 e. The van der Waals surface area contributed by atoms with Gasteiger partial charge >= 0.3 is 0 Å². The Morgan fingerprint density at radius 1 is 1.42 bits per heavy atom. The van der Waals surface area contributed by atoms with E-state index in [1.54, 1.807) is 13.2 Å². The van der Waals surface area contributed by atoms with Crippen molar-refractivity contribution < 1.29 is 14.2 Å². The van der Waals surface area contributed by atoms with E-state index in [0.717, 1.165) is 22.2 Å². The highest BCUT2D eigenvalue weighted by molar-refractivity contribution is 9.11. The van der Waals surface area contributed by atoms with Crippen molar-refractivity contribution in [2.75, 3.05) is 26.0 Å². The number of aliphatic imine (C=N–C) groups is 1.